The van der Waals surface area contributed by atoms with Crippen LogP contribution < -0.4 is 0 Å². The Balaban J connectivity index is 1.44. The summed E-state index contributed by atoms with van der Waals surface area (Å²) < 4.78 is 35.0. The van der Waals surface area contributed by atoms with Crippen LogP contribution in [0.1, 0.15) is 49.7 Å². The zero-order valence-corrected chi connectivity index (χ0v) is 16.8. The first-order valence-electron chi connectivity index (χ1n) is 9.82. The summed E-state index contributed by atoms with van der Waals surface area (Å²) in [5.41, 5.74) is 2.59. The zero-order valence-electron chi connectivity index (χ0n) is 15.9. The Morgan fingerprint density at radius 1 is 0.630 bits per heavy atom. The van der Waals surface area contributed by atoms with Crippen LogP contribution in [0.5, 0.6) is 0 Å². The van der Waals surface area contributed by atoms with E-state index in [4.69, 9.17) is 9.05 Å². The number of hydrogen-bond donors (Lipinski definition) is 0. The molecule has 2 rings (SSSR count). The molecule has 148 valence electrons. The summed E-state index contributed by atoms with van der Waals surface area (Å²) in [5, 5.41) is 0. The maximum absolute atomic E-state index is 13.7. The molecule has 0 heterocycles. The second kappa shape index (κ2) is 12.8. The van der Waals surface area contributed by atoms with Gasteiger partial charge in [0.1, 0.15) is 0 Å². The summed E-state index contributed by atoms with van der Waals surface area (Å²) in [5.74, 6) is 0. The van der Waals surface area contributed by atoms with E-state index in [9.17, 15) is 8.76 Å². The van der Waals surface area contributed by atoms with Crippen LogP contribution in [-0.2, 0) is 26.5 Å². The third-order valence-electron chi connectivity index (χ3n) is 4.40. The van der Waals surface area contributed by atoms with Crippen molar-refractivity contribution < 1.29 is 17.8 Å². The van der Waals surface area contributed by atoms with Gasteiger partial charge in [0.05, 0.1) is 13.2 Å². The molecule has 3 nitrogen and oxygen atoms in total. The van der Waals surface area contributed by atoms with Crippen molar-refractivity contribution in [3.05, 3.63) is 71.8 Å². The summed E-state index contributed by atoms with van der Waals surface area (Å²) >= 11 is 0. The Hall–Kier alpha value is -1.48. The molecule has 0 spiro atoms. The molecule has 0 unspecified atom stereocenters. The SMILES string of the molecule is O=P(F)(OCCCCCc1ccccc1)OCCCCCc1ccccc1. The van der Waals surface area contributed by atoms with Gasteiger partial charge >= 0.3 is 7.91 Å². The van der Waals surface area contributed by atoms with Gasteiger partial charge < -0.3 is 0 Å². The molecule has 0 bridgehead atoms. The van der Waals surface area contributed by atoms with Crippen LogP contribution in [-0.4, -0.2) is 13.2 Å². The molecule has 0 N–H and O–H groups in total. The topological polar surface area (TPSA) is 35.5 Å². The van der Waals surface area contributed by atoms with Crippen LogP contribution in [0.25, 0.3) is 0 Å². The summed E-state index contributed by atoms with van der Waals surface area (Å²) in [6, 6.07) is 20.5. The summed E-state index contributed by atoms with van der Waals surface area (Å²) in [4.78, 5) is 0. The van der Waals surface area contributed by atoms with Crippen molar-refractivity contribution in [1.82, 2.24) is 0 Å². The fraction of sp³-hybridized carbons (Fsp3) is 0.455. The minimum atomic E-state index is -4.41. The average Bonchev–Trinajstić information content (AvgIpc) is 2.69. The Labute approximate surface area is 162 Å². The average molecular weight is 392 g/mol. The number of aryl methyl sites for hydroxylation is 2. The molecule has 5 heteroatoms. The third-order valence-corrected chi connectivity index (χ3v) is 5.38. The molecule has 0 aliphatic heterocycles. The lowest BCUT2D eigenvalue weighted by molar-refractivity contribution is 0.169. The van der Waals surface area contributed by atoms with Gasteiger partial charge in [-0.2, -0.15) is 0 Å². The van der Waals surface area contributed by atoms with E-state index < -0.39 is 7.91 Å². The highest BCUT2D eigenvalue weighted by atomic mass is 31.2. The summed E-state index contributed by atoms with van der Waals surface area (Å²) in [7, 11) is -4.41. The molecule has 0 fully saturated rings. The highest BCUT2D eigenvalue weighted by Crippen LogP contribution is 2.50. The Bertz CT molecular complexity index is 608. The van der Waals surface area contributed by atoms with Gasteiger partial charge in [-0.15, -0.1) is 4.20 Å². The van der Waals surface area contributed by atoms with Crippen LogP contribution in [0.2, 0.25) is 0 Å². The largest absolute Gasteiger partial charge is 0.513 e. The maximum Gasteiger partial charge on any atom is 0.513 e. The number of unbranched alkanes of at least 4 members (excludes halogenated alkanes) is 4. The Morgan fingerprint density at radius 2 is 1.04 bits per heavy atom. The molecule has 0 saturated heterocycles. The maximum atomic E-state index is 13.7. The van der Waals surface area contributed by atoms with Crippen molar-refractivity contribution in [3.8, 4) is 0 Å². The summed E-state index contributed by atoms with van der Waals surface area (Å²) in [6.07, 6.45) is 7.19. The number of hydrogen-bond acceptors (Lipinski definition) is 3. The van der Waals surface area contributed by atoms with Crippen molar-refractivity contribution in [2.45, 2.75) is 51.4 Å². The standard InChI is InChI=1S/C22H30FO3P/c23-27(24,25-19-11-3-9-17-21-13-5-1-6-14-21)26-20-12-4-10-18-22-15-7-2-8-16-22/h1-2,5-8,13-16H,3-4,9-12,17-20H2. The molecule has 0 aromatic heterocycles. The van der Waals surface area contributed by atoms with Gasteiger partial charge in [0.2, 0.25) is 0 Å². The molecule has 0 aliphatic carbocycles. The predicted molar refractivity (Wildman–Crippen MR) is 109 cm³/mol. The monoisotopic (exact) mass is 392 g/mol. The number of rotatable bonds is 14. The van der Waals surface area contributed by atoms with E-state index >= 15 is 0 Å². The first-order chi connectivity index (χ1) is 13.2. The fourth-order valence-electron chi connectivity index (χ4n) is 2.89. The zero-order chi connectivity index (χ0) is 19.2. The van der Waals surface area contributed by atoms with Crippen LogP contribution in [0, 0.1) is 0 Å². The lowest BCUT2D eigenvalue weighted by Crippen LogP contribution is -1.97. The second-order valence-corrected chi connectivity index (χ2v) is 8.07. The van der Waals surface area contributed by atoms with Crippen LogP contribution in [0.3, 0.4) is 0 Å². The first-order valence-corrected chi connectivity index (χ1v) is 11.3. The quantitative estimate of drug-likeness (QED) is 0.258. The van der Waals surface area contributed by atoms with Gasteiger partial charge in [0, 0.05) is 0 Å². The van der Waals surface area contributed by atoms with E-state index in [1.54, 1.807) is 0 Å². The lowest BCUT2D eigenvalue weighted by atomic mass is 10.1. The highest BCUT2D eigenvalue weighted by molar-refractivity contribution is 7.48. The van der Waals surface area contributed by atoms with Gasteiger partial charge in [-0.3, -0.25) is 9.05 Å². The first kappa shape index (κ1) is 21.8. The Kier molecular flexibility index (Phi) is 10.4. The Morgan fingerprint density at radius 3 is 1.44 bits per heavy atom. The van der Waals surface area contributed by atoms with Crippen molar-refractivity contribution >= 4 is 7.91 Å². The smallest absolute Gasteiger partial charge is 0.284 e. The van der Waals surface area contributed by atoms with E-state index in [-0.39, 0.29) is 13.2 Å². The van der Waals surface area contributed by atoms with Crippen LogP contribution in [0.4, 0.5) is 4.20 Å². The molecular formula is C22H30FO3P. The van der Waals surface area contributed by atoms with Crippen LogP contribution >= 0.6 is 7.91 Å². The van der Waals surface area contributed by atoms with Crippen molar-refractivity contribution in [2.75, 3.05) is 13.2 Å². The van der Waals surface area contributed by atoms with E-state index in [1.807, 2.05) is 36.4 Å². The van der Waals surface area contributed by atoms with Gasteiger partial charge in [0.25, 0.3) is 0 Å². The van der Waals surface area contributed by atoms with E-state index in [0.29, 0.717) is 12.8 Å². The minimum Gasteiger partial charge on any atom is -0.284 e. The molecule has 0 atom stereocenters. The molecular weight excluding hydrogens is 362 g/mol. The van der Waals surface area contributed by atoms with E-state index in [2.05, 4.69) is 24.3 Å². The molecule has 2 aromatic carbocycles. The van der Waals surface area contributed by atoms with Gasteiger partial charge in [0.15, 0.2) is 0 Å². The van der Waals surface area contributed by atoms with Crippen LogP contribution in [0.15, 0.2) is 60.7 Å². The second-order valence-electron chi connectivity index (χ2n) is 6.69. The van der Waals surface area contributed by atoms with E-state index in [0.717, 1.165) is 38.5 Å². The van der Waals surface area contributed by atoms with Gasteiger partial charge in [-0.25, -0.2) is 4.57 Å². The molecule has 2 aromatic rings. The molecule has 0 radical (unpaired) electrons. The van der Waals surface area contributed by atoms with Crippen molar-refractivity contribution in [1.29, 1.82) is 0 Å². The highest BCUT2D eigenvalue weighted by Gasteiger charge is 2.23. The van der Waals surface area contributed by atoms with Gasteiger partial charge in [-0.1, -0.05) is 73.5 Å². The molecule has 27 heavy (non-hydrogen) atoms. The van der Waals surface area contributed by atoms with E-state index in [1.165, 1.54) is 11.1 Å². The molecule has 0 saturated carbocycles. The van der Waals surface area contributed by atoms with Crippen molar-refractivity contribution in [3.63, 3.8) is 0 Å². The number of halogens is 1. The predicted octanol–water partition coefficient (Wildman–Crippen LogP) is 6.92. The van der Waals surface area contributed by atoms with Gasteiger partial charge in [-0.05, 0) is 49.7 Å². The normalized spacial score (nSPS) is 11.6. The minimum absolute atomic E-state index is 0.135. The third kappa shape index (κ3) is 10.4. The summed E-state index contributed by atoms with van der Waals surface area (Å²) in [6.45, 7) is 0.271. The number of benzene rings is 2. The fourth-order valence-corrected chi connectivity index (χ4v) is 3.66. The molecule has 0 aliphatic rings. The lowest BCUT2D eigenvalue weighted by Gasteiger charge is -2.10. The molecule has 0 amide bonds. The van der Waals surface area contributed by atoms with Crippen molar-refractivity contribution in [2.24, 2.45) is 0 Å².